The third-order valence-corrected chi connectivity index (χ3v) is 6.25. The minimum atomic E-state index is -0.300. The molecule has 0 aromatic heterocycles. The number of esters is 1. The number of hydrogen-bond acceptors (Lipinski definition) is 2. The largest absolute Gasteiger partial charge is 0.463 e. The molecule has 0 fully saturated rings. The topological polar surface area (TPSA) is 26.3 Å². The molecule has 0 aliphatic carbocycles. The summed E-state index contributed by atoms with van der Waals surface area (Å²) in [5.74, 6) is -0.300. The Morgan fingerprint density at radius 1 is 0.769 bits per heavy atom. The summed E-state index contributed by atoms with van der Waals surface area (Å²) in [5, 5.41) is 0. The Labute approximate surface area is 192 Å². The van der Waals surface area contributed by atoms with Gasteiger partial charge in [0.1, 0.15) is 0 Å². The summed E-state index contributed by atoms with van der Waals surface area (Å²) in [6.45, 7) is 3.93. The Kier molecular flexibility index (Phi) is 19.9. The van der Waals surface area contributed by atoms with Crippen LogP contribution in [-0.4, -0.2) is 23.9 Å². The van der Waals surface area contributed by atoms with Crippen molar-refractivity contribution in [1.29, 1.82) is 0 Å². The number of alkyl halides is 2. The predicted octanol–water partition coefficient (Wildman–Crippen LogP) is 6.85. The van der Waals surface area contributed by atoms with Crippen LogP contribution in [0.2, 0.25) is 0 Å². The van der Waals surface area contributed by atoms with Crippen molar-refractivity contribution in [3.05, 3.63) is 12.7 Å². The molecule has 0 aromatic carbocycles. The van der Waals surface area contributed by atoms with Gasteiger partial charge >= 0.3 is 5.97 Å². The lowest BCUT2D eigenvalue weighted by atomic mass is 10.0. The van der Waals surface area contributed by atoms with E-state index in [0.717, 1.165) is 6.42 Å². The van der Waals surface area contributed by atoms with Crippen LogP contribution in [0.1, 0.15) is 103 Å². The highest BCUT2D eigenvalue weighted by atomic mass is 127. The Hall–Kier alpha value is 0.887. The van der Waals surface area contributed by atoms with Gasteiger partial charge in [-0.25, -0.2) is 4.79 Å². The van der Waals surface area contributed by atoms with Crippen molar-refractivity contribution < 1.29 is 9.53 Å². The minimum Gasteiger partial charge on any atom is -0.463 e. The van der Waals surface area contributed by atoms with Crippen LogP contribution in [0, 0.1) is 0 Å². The molecule has 0 unspecified atom stereocenters. The summed E-state index contributed by atoms with van der Waals surface area (Å²) in [4.78, 5) is 10.9. The molecule has 2 nitrogen and oxygen atoms in total. The average molecular weight is 606 g/mol. The van der Waals surface area contributed by atoms with E-state index in [9.17, 15) is 4.79 Å². The fourth-order valence-corrected chi connectivity index (χ4v) is 4.18. The van der Waals surface area contributed by atoms with E-state index in [1.807, 2.05) is 0 Å². The molecule has 0 aromatic rings. The fraction of sp³-hybridized carbons (Fsp3) is 0.857. The van der Waals surface area contributed by atoms with Crippen LogP contribution in [0.15, 0.2) is 12.7 Å². The number of rotatable bonds is 19. The molecule has 0 amide bonds. The van der Waals surface area contributed by atoms with Crippen LogP contribution in [0.3, 0.4) is 0 Å². The molecule has 0 N–H and O–H groups in total. The van der Waals surface area contributed by atoms with Crippen LogP contribution in [0.25, 0.3) is 0 Å². The van der Waals surface area contributed by atoms with Gasteiger partial charge in [-0.1, -0.05) is 142 Å². The molecule has 0 radical (unpaired) electrons. The first-order valence-electron chi connectivity index (χ1n) is 10.6. The number of unbranched alkanes of at least 4 members (excludes halogenated alkanes) is 14. The van der Waals surface area contributed by atoms with E-state index >= 15 is 0 Å². The summed E-state index contributed by atoms with van der Waals surface area (Å²) < 4.78 is 5.56. The van der Waals surface area contributed by atoms with Crippen LogP contribution < -0.4 is 0 Å². The van der Waals surface area contributed by atoms with Crippen molar-refractivity contribution >= 4 is 61.4 Å². The first kappa shape index (κ1) is 26.9. The minimum absolute atomic E-state index is 0.300. The average Bonchev–Trinajstić information content (AvgIpc) is 2.59. The normalized spacial score (nSPS) is 11.6. The zero-order valence-corrected chi connectivity index (χ0v) is 23.2. The Balaban J connectivity index is 3.07. The van der Waals surface area contributed by atoms with Crippen molar-refractivity contribution in [2.45, 2.75) is 104 Å². The third-order valence-electron chi connectivity index (χ3n) is 4.67. The number of halogens is 2. The van der Waals surface area contributed by atoms with E-state index < -0.39 is 0 Å². The summed E-state index contributed by atoms with van der Waals surface area (Å²) >= 11 is 5.22. The smallest absolute Gasteiger partial charge is 0.330 e. The number of ether oxygens (including phenoxy) is 1. The van der Waals surface area contributed by atoms with E-state index in [4.69, 9.17) is 4.74 Å². The lowest BCUT2D eigenvalue weighted by Gasteiger charge is -2.13. The van der Waals surface area contributed by atoms with Crippen LogP contribution in [-0.2, 0) is 9.53 Å². The fourth-order valence-electron chi connectivity index (χ4n) is 3.07. The summed E-state index contributed by atoms with van der Waals surface area (Å²) in [6.07, 6.45) is 23.0. The lowest BCUT2D eigenvalue weighted by Crippen LogP contribution is -2.08. The van der Waals surface area contributed by atoms with Crippen LogP contribution >= 0.6 is 45.2 Å². The second-order valence-corrected chi connectivity index (χ2v) is 20.1. The molecular formula is C21H40I2O2Si. The van der Waals surface area contributed by atoms with Crippen LogP contribution in [0.5, 0.6) is 0 Å². The molecule has 0 bridgehead atoms. The standard InChI is InChI=1S/C21H40I2O2Si/c1-2-20(24)25-19-17-15-13-11-9-7-5-3-4-6-8-10-12-14-16-18-21(22,23)26/h2H,1,3-19H2,26H3. The highest BCUT2D eigenvalue weighted by molar-refractivity contribution is 14.2. The van der Waals surface area contributed by atoms with E-state index in [2.05, 4.69) is 51.8 Å². The summed E-state index contributed by atoms with van der Waals surface area (Å²) in [5.41, 5.74) is 0. The zero-order valence-electron chi connectivity index (χ0n) is 16.9. The molecule has 0 heterocycles. The molecule has 154 valence electrons. The molecule has 0 saturated heterocycles. The molecule has 0 aliphatic rings. The van der Waals surface area contributed by atoms with E-state index in [0.29, 0.717) is 7.66 Å². The zero-order chi connectivity index (χ0) is 19.5. The first-order valence-corrected chi connectivity index (χ1v) is 13.8. The van der Waals surface area contributed by atoms with Gasteiger partial charge in [0.15, 0.2) is 0 Å². The van der Waals surface area contributed by atoms with Gasteiger partial charge in [0.2, 0.25) is 0 Å². The van der Waals surface area contributed by atoms with E-state index in [1.165, 1.54) is 113 Å². The van der Waals surface area contributed by atoms with Gasteiger partial charge in [0.05, 0.1) is 7.66 Å². The maximum atomic E-state index is 10.9. The molecular weight excluding hydrogens is 566 g/mol. The van der Waals surface area contributed by atoms with Crippen molar-refractivity contribution in [1.82, 2.24) is 0 Å². The third kappa shape index (κ3) is 22.9. The quantitative estimate of drug-likeness (QED) is 0.0402. The van der Waals surface area contributed by atoms with Crippen molar-refractivity contribution in [3.63, 3.8) is 0 Å². The first-order chi connectivity index (χ1) is 12.5. The molecule has 0 atom stereocenters. The maximum absolute atomic E-state index is 10.9. The molecule has 26 heavy (non-hydrogen) atoms. The highest BCUT2D eigenvalue weighted by Crippen LogP contribution is 2.29. The van der Waals surface area contributed by atoms with Crippen LogP contribution in [0.4, 0.5) is 0 Å². The van der Waals surface area contributed by atoms with E-state index in [-0.39, 0.29) is 5.97 Å². The number of carbonyl (C=O) groups excluding carboxylic acids is 1. The number of hydrogen-bond donors (Lipinski definition) is 0. The second kappa shape index (κ2) is 19.2. The maximum Gasteiger partial charge on any atom is 0.330 e. The SMILES string of the molecule is C=CC(=O)OCCCCCCCCCCCCCCCCCC([SiH3])(I)I. The lowest BCUT2D eigenvalue weighted by molar-refractivity contribution is -0.137. The Morgan fingerprint density at radius 2 is 1.12 bits per heavy atom. The second-order valence-electron chi connectivity index (χ2n) is 7.50. The van der Waals surface area contributed by atoms with Gasteiger partial charge in [-0.3, -0.25) is 0 Å². The molecule has 5 heteroatoms. The Morgan fingerprint density at radius 3 is 1.46 bits per heavy atom. The van der Waals surface area contributed by atoms with Crippen molar-refractivity contribution in [3.8, 4) is 0 Å². The monoisotopic (exact) mass is 606 g/mol. The van der Waals surface area contributed by atoms with Crippen molar-refractivity contribution in [2.75, 3.05) is 6.61 Å². The molecule has 0 aliphatic heterocycles. The van der Waals surface area contributed by atoms with E-state index in [1.54, 1.807) is 0 Å². The molecule has 0 spiro atoms. The van der Waals surface area contributed by atoms with Gasteiger partial charge < -0.3 is 4.74 Å². The van der Waals surface area contributed by atoms with Gasteiger partial charge in [-0.2, -0.15) is 0 Å². The number of carbonyl (C=O) groups is 1. The Bertz CT molecular complexity index is 343. The van der Waals surface area contributed by atoms with Gasteiger partial charge in [-0.05, 0) is 12.8 Å². The molecule has 0 saturated carbocycles. The van der Waals surface area contributed by atoms with Gasteiger partial charge in [0.25, 0.3) is 0 Å². The predicted molar refractivity (Wildman–Crippen MR) is 136 cm³/mol. The summed E-state index contributed by atoms with van der Waals surface area (Å²) in [6, 6.07) is 0. The van der Waals surface area contributed by atoms with Crippen molar-refractivity contribution in [2.24, 2.45) is 0 Å². The molecule has 0 rings (SSSR count). The van der Waals surface area contributed by atoms with Gasteiger partial charge in [0, 0.05) is 16.3 Å². The highest BCUT2D eigenvalue weighted by Gasteiger charge is 2.12. The van der Waals surface area contributed by atoms with Gasteiger partial charge in [-0.15, -0.1) is 0 Å². The summed E-state index contributed by atoms with van der Waals surface area (Å²) in [7, 11) is 1.30.